The third kappa shape index (κ3) is 3.41. The van der Waals surface area contributed by atoms with Crippen LogP contribution in [0.3, 0.4) is 0 Å². The third-order valence-corrected chi connectivity index (χ3v) is 3.61. The number of carbonyl (C=O) groups is 2. The van der Waals surface area contributed by atoms with Gasteiger partial charge in [0.1, 0.15) is 0 Å². The van der Waals surface area contributed by atoms with E-state index in [1.807, 2.05) is 13.8 Å². The van der Waals surface area contributed by atoms with Crippen molar-refractivity contribution < 1.29 is 19.1 Å². The second-order valence-corrected chi connectivity index (χ2v) is 5.24. The van der Waals surface area contributed by atoms with E-state index in [2.05, 4.69) is 10.4 Å². The van der Waals surface area contributed by atoms with Gasteiger partial charge in [-0.2, -0.15) is 5.10 Å². The molecule has 1 fully saturated rings. The molecule has 0 aliphatic carbocycles. The molecule has 0 saturated carbocycles. The van der Waals surface area contributed by atoms with Crippen molar-refractivity contribution in [1.82, 2.24) is 9.78 Å². The maximum absolute atomic E-state index is 12.1. The van der Waals surface area contributed by atoms with Crippen molar-refractivity contribution in [1.29, 1.82) is 0 Å². The molecule has 2 rings (SSSR count). The predicted molar refractivity (Wildman–Crippen MR) is 75.8 cm³/mol. The SMILES string of the molecule is Cc1nn(C)c(C)c1NC(=O)[C@H](C)OC(=O)[C@H]1CCCO1. The van der Waals surface area contributed by atoms with Gasteiger partial charge in [0, 0.05) is 13.7 Å². The first-order valence-corrected chi connectivity index (χ1v) is 7.03. The molecule has 2 heterocycles. The largest absolute Gasteiger partial charge is 0.451 e. The Bertz CT molecular complexity index is 547. The molecule has 0 radical (unpaired) electrons. The number of amides is 1. The summed E-state index contributed by atoms with van der Waals surface area (Å²) >= 11 is 0. The lowest BCUT2D eigenvalue weighted by molar-refractivity contribution is -0.162. The summed E-state index contributed by atoms with van der Waals surface area (Å²) in [5.74, 6) is -0.852. The number of esters is 1. The van der Waals surface area contributed by atoms with Gasteiger partial charge in [0.25, 0.3) is 5.91 Å². The molecule has 0 spiro atoms. The van der Waals surface area contributed by atoms with Gasteiger partial charge < -0.3 is 14.8 Å². The summed E-state index contributed by atoms with van der Waals surface area (Å²) in [7, 11) is 1.80. The van der Waals surface area contributed by atoms with Crippen molar-refractivity contribution in [3.05, 3.63) is 11.4 Å². The first kappa shape index (κ1) is 15.5. The molecular weight excluding hydrogens is 274 g/mol. The number of carbonyl (C=O) groups excluding carboxylic acids is 2. The van der Waals surface area contributed by atoms with Gasteiger partial charge in [-0.25, -0.2) is 4.79 Å². The van der Waals surface area contributed by atoms with Crippen LogP contribution < -0.4 is 5.32 Å². The summed E-state index contributed by atoms with van der Waals surface area (Å²) in [6.07, 6.45) is 0.0744. The summed E-state index contributed by atoms with van der Waals surface area (Å²) in [6.45, 7) is 5.78. The number of anilines is 1. The van der Waals surface area contributed by atoms with Crippen LogP contribution in [0, 0.1) is 13.8 Å². The smallest absolute Gasteiger partial charge is 0.336 e. The minimum atomic E-state index is -0.874. The number of nitrogens with zero attached hydrogens (tertiary/aromatic N) is 2. The second-order valence-electron chi connectivity index (χ2n) is 5.24. The summed E-state index contributed by atoms with van der Waals surface area (Å²) in [5.41, 5.74) is 2.22. The molecule has 1 amide bonds. The summed E-state index contributed by atoms with van der Waals surface area (Å²) < 4.78 is 12.1. The van der Waals surface area contributed by atoms with E-state index < -0.39 is 18.2 Å². The number of aryl methyl sites for hydroxylation is 2. The number of hydrogen-bond donors (Lipinski definition) is 1. The standard InChI is InChI=1S/C14H21N3O4/c1-8-12(9(2)17(4)16-8)15-13(18)10(3)21-14(19)11-6-5-7-20-11/h10-11H,5-7H2,1-4H3,(H,15,18)/t10-,11+/m0/s1. The highest BCUT2D eigenvalue weighted by Crippen LogP contribution is 2.19. The van der Waals surface area contributed by atoms with E-state index in [0.29, 0.717) is 18.7 Å². The number of rotatable bonds is 4. The van der Waals surface area contributed by atoms with Crippen molar-refractivity contribution in [2.75, 3.05) is 11.9 Å². The first-order chi connectivity index (χ1) is 9.90. The Balaban J connectivity index is 1.94. The molecule has 0 aromatic carbocycles. The van der Waals surface area contributed by atoms with Crippen LogP contribution >= 0.6 is 0 Å². The van der Waals surface area contributed by atoms with Gasteiger partial charge in [-0.05, 0) is 33.6 Å². The van der Waals surface area contributed by atoms with Crippen LogP contribution in [-0.4, -0.2) is 40.5 Å². The summed E-state index contributed by atoms with van der Waals surface area (Å²) in [6, 6.07) is 0. The molecule has 0 unspecified atom stereocenters. The zero-order chi connectivity index (χ0) is 15.6. The molecule has 1 N–H and O–H groups in total. The first-order valence-electron chi connectivity index (χ1n) is 7.03. The molecule has 1 aromatic rings. The van der Waals surface area contributed by atoms with Crippen molar-refractivity contribution in [3.63, 3.8) is 0 Å². The van der Waals surface area contributed by atoms with Crippen LogP contribution in [0.25, 0.3) is 0 Å². The van der Waals surface area contributed by atoms with E-state index in [4.69, 9.17) is 9.47 Å². The average Bonchev–Trinajstić information content (AvgIpc) is 3.03. The van der Waals surface area contributed by atoms with Crippen molar-refractivity contribution in [2.45, 2.75) is 45.8 Å². The molecule has 2 atom stereocenters. The highest BCUT2D eigenvalue weighted by Gasteiger charge is 2.28. The fraction of sp³-hybridized carbons (Fsp3) is 0.643. The van der Waals surface area contributed by atoms with Crippen LogP contribution in [0.15, 0.2) is 0 Å². The summed E-state index contributed by atoms with van der Waals surface area (Å²) in [4.78, 5) is 23.9. The lowest BCUT2D eigenvalue weighted by Crippen LogP contribution is -2.34. The van der Waals surface area contributed by atoms with Gasteiger partial charge in [0.05, 0.1) is 17.1 Å². The molecule has 1 aliphatic rings. The van der Waals surface area contributed by atoms with E-state index in [9.17, 15) is 9.59 Å². The number of aromatic nitrogens is 2. The zero-order valence-electron chi connectivity index (χ0n) is 12.8. The number of nitrogens with one attached hydrogen (secondary N) is 1. The highest BCUT2D eigenvalue weighted by molar-refractivity contribution is 5.96. The normalized spacial score (nSPS) is 19.3. The monoisotopic (exact) mass is 295 g/mol. The van der Waals surface area contributed by atoms with Crippen LogP contribution in [-0.2, 0) is 26.1 Å². The third-order valence-electron chi connectivity index (χ3n) is 3.61. The molecule has 21 heavy (non-hydrogen) atoms. The average molecular weight is 295 g/mol. The molecule has 116 valence electrons. The van der Waals surface area contributed by atoms with Crippen molar-refractivity contribution in [3.8, 4) is 0 Å². The minimum absolute atomic E-state index is 0.374. The van der Waals surface area contributed by atoms with E-state index in [1.165, 1.54) is 0 Å². The van der Waals surface area contributed by atoms with E-state index >= 15 is 0 Å². The highest BCUT2D eigenvalue weighted by atomic mass is 16.6. The van der Waals surface area contributed by atoms with Crippen LogP contribution in [0.4, 0.5) is 5.69 Å². The zero-order valence-corrected chi connectivity index (χ0v) is 12.8. The Morgan fingerprint density at radius 1 is 1.48 bits per heavy atom. The Labute approximate surface area is 123 Å². The van der Waals surface area contributed by atoms with Gasteiger partial charge in [-0.15, -0.1) is 0 Å². The summed E-state index contributed by atoms with van der Waals surface area (Å²) in [5, 5.41) is 6.98. The minimum Gasteiger partial charge on any atom is -0.451 e. The topological polar surface area (TPSA) is 82.5 Å². The predicted octanol–water partition coefficient (Wildman–Crippen LogP) is 1.09. The van der Waals surface area contributed by atoms with E-state index in [-0.39, 0.29) is 5.91 Å². The Morgan fingerprint density at radius 3 is 2.71 bits per heavy atom. The van der Waals surface area contributed by atoms with Gasteiger partial charge in [-0.3, -0.25) is 9.48 Å². The van der Waals surface area contributed by atoms with E-state index in [0.717, 1.165) is 17.8 Å². The van der Waals surface area contributed by atoms with Gasteiger partial charge >= 0.3 is 5.97 Å². The molecule has 7 heteroatoms. The van der Waals surface area contributed by atoms with Gasteiger partial charge in [-0.1, -0.05) is 0 Å². The quantitative estimate of drug-likeness (QED) is 0.841. The molecule has 0 bridgehead atoms. The lowest BCUT2D eigenvalue weighted by Gasteiger charge is -2.16. The fourth-order valence-electron chi connectivity index (χ4n) is 2.25. The van der Waals surface area contributed by atoms with Crippen LogP contribution in [0.5, 0.6) is 0 Å². The molecular formula is C14H21N3O4. The number of ether oxygens (including phenoxy) is 2. The molecule has 7 nitrogen and oxygen atoms in total. The van der Waals surface area contributed by atoms with Crippen LogP contribution in [0.1, 0.15) is 31.2 Å². The van der Waals surface area contributed by atoms with Gasteiger partial charge in [0.2, 0.25) is 0 Å². The maximum atomic E-state index is 12.1. The molecule has 1 saturated heterocycles. The van der Waals surface area contributed by atoms with E-state index in [1.54, 1.807) is 18.7 Å². The van der Waals surface area contributed by atoms with Crippen molar-refractivity contribution in [2.24, 2.45) is 7.05 Å². The maximum Gasteiger partial charge on any atom is 0.336 e. The van der Waals surface area contributed by atoms with Crippen molar-refractivity contribution >= 4 is 17.6 Å². The molecule has 1 aliphatic heterocycles. The Kier molecular flexibility index (Phi) is 4.62. The Hall–Kier alpha value is -1.89. The second kappa shape index (κ2) is 6.26. The fourth-order valence-corrected chi connectivity index (χ4v) is 2.25. The lowest BCUT2D eigenvalue weighted by atomic mass is 10.2. The van der Waals surface area contributed by atoms with Gasteiger partial charge in [0.15, 0.2) is 12.2 Å². The van der Waals surface area contributed by atoms with Crippen LogP contribution in [0.2, 0.25) is 0 Å². The Morgan fingerprint density at radius 2 is 2.19 bits per heavy atom. The number of hydrogen-bond acceptors (Lipinski definition) is 5. The molecule has 1 aromatic heterocycles.